The molecule has 4 aromatic rings. The standard InChI is InChI=1S/C18H9ClN2O6/c19-9-1-3-11-12(7-9)20-18(24)15(16(11)22)17(23)14-6-8-5-10(21(25)26)2-4-13(8)27-14/h1-7H,(H2,20,22,24). The molecule has 2 N–H and O–H groups in total. The highest BCUT2D eigenvalue weighted by Crippen LogP contribution is 2.30. The first kappa shape index (κ1) is 16.8. The van der Waals surface area contributed by atoms with Gasteiger partial charge in [-0.05, 0) is 30.3 Å². The molecule has 0 aliphatic carbocycles. The van der Waals surface area contributed by atoms with Crippen LogP contribution in [0.3, 0.4) is 0 Å². The second-order valence-corrected chi connectivity index (χ2v) is 6.22. The number of hydrogen-bond acceptors (Lipinski definition) is 6. The summed E-state index contributed by atoms with van der Waals surface area (Å²) in [6.45, 7) is 0. The molecule has 0 bridgehead atoms. The summed E-state index contributed by atoms with van der Waals surface area (Å²) >= 11 is 5.87. The zero-order chi connectivity index (χ0) is 19.3. The number of nitro benzene ring substituents is 1. The Morgan fingerprint density at radius 2 is 1.96 bits per heavy atom. The summed E-state index contributed by atoms with van der Waals surface area (Å²) in [6.07, 6.45) is 0. The maximum Gasteiger partial charge on any atom is 0.270 e. The van der Waals surface area contributed by atoms with E-state index in [4.69, 9.17) is 16.0 Å². The number of benzene rings is 2. The number of nitro groups is 1. The molecule has 0 amide bonds. The zero-order valence-corrected chi connectivity index (χ0v) is 14.1. The topological polar surface area (TPSA) is 126 Å². The second kappa shape index (κ2) is 5.96. The Bertz CT molecular complexity index is 1320. The molecule has 0 aliphatic rings. The summed E-state index contributed by atoms with van der Waals surface area (Å²) in [4.78, 5) is 37.9. The maximum atomic E-state index is 12.8. The van der Waals surface area contributed by atoms with Crippen LogP contribution in [0.5, 0.6) is 5.75 Å². The third kappa shape index (κ3) is 2.72. The summed E-state index contributed by atoms with van der Waals surface area (Å²) in [7, 11) is 0. The average molecular weight is 385 g/mol. The fourth-order valence-corrected chi connectivity index (χ4v) is 3.02. The highest BCUT2D eigenvalue weighted by Gasteiger charge is 2.24. The van der Waals surface area contributed by atoms with Crippen LogP contribution in [0.15, 0.2) is 51.7 Å². The number of H-pyrrole nitrogens is 1. The van der Waals surface area contributed by atoms with Gasteiger partial charge in [0.15, 0.2) is 5.76 Å². The number of furan rings is 1. The van der Waals surface area contributed by atoms with Crippen molar-refractivity contribution in [1.82, 2.24) is 4.98 Å². The van der Waals surface area contributed by atoms with Gasteiger partial charge in [0.1, 0.15) is 16.9 Å². The second-order valence-electron chi connectivity index (χ2n) is 5.79. The molecule has 2 heterocycles. The molecule has 8 nitrogen and oxygen atoms in total. The summed E-state index contributed by atoms with van der Waals surface area (Å²) < 4.78 is 5.40. The Hall–Kier alpha value is -3.65. The van der Waals surface area contributed by atoms with E-state index in [1.165, 1.54) is 42.5 Å². The lowest BCUT2D eigenvalue weighted by Crippen LogP contribution is -2.18. The molecule has 134 valence electrons. The highest BCUT2D eigenvalue weighted by molar-refractivity contribution is 6.31. The van der Waals surface area contributed by atoms with Gasteiger partial charge in [-0.1, -0.05) is 11.6 Å². The Morgan fingerprint density at radius 1 is 1.19 bits per heavy atom. The molecule has 0 spiro atoms. The van der Waals surface area contributed by atoms with Crippen LogP contribution in [0.2, 0.25) is 5.02 Å². The first-order valence-electron chi connectivity index (χ1n) is 7.62. The minimum Gasteiger partial charge on any atom is -0.506 e. The predicted octanol–water partition coefficient (Wildman–Crippen LogP) is 3.77. The monoisotopic (exact) mass is 384 g/mol. The third-order valence-corrected chi connectivity index (χ3v) is 4.35. The molecular weight excluding hydrogens is 376 g/mol. The normalized spacial score (nSPS) is 11.1. The van der Waals surface area contributed by atoms with Crippen LogP contribution >= 0.6 is 11.6 Å². The maximum absolute atomic E-state index is 12.8. The first-order chi connectivity index (χ1) is 12.8. The molecule has 27 heavy (non-hydrogen) atoms. The average Bonchev–Trinajstić information content (AvgIpc) is 3.04. The predicted molar refractivity (Wildman–Crippen MR) is 97.5 cm³/mol. The van der Waals surface area contributed by atoms with Crippen LogP contribution < -0.4 is 5.56 Å². The number of pyridine rings is 1. The molecule has 0 atom stereocenters. The zero-order valence-electron chi connectivity index (χ0n) is 13.4. The van der Waals surface area contributed by atoms with Crippen molar-refractivity contribution in [2.75, 3.05) is 0 Å². The fourth-order valence-electron chi connectivity index (χ4n) is 2.84. The number of carbonyl (C=O) groups is 1. The lowest BCUT2D eigenvalue weighted by Gasteiger charge is -2.06. The minimum atomic E-state index is -0.843. The number of ketones is 1. The van der Waals surface area contributed by atoms with E-state index in [0.29, 0.717) is 10.4 Å². The van der Waals surface area contributed by atoms with Crippen molar-refractivity contribution in [1.29, 1.82) is 0 Å². The summed E-state index contributed by atoms with van der Waals surface area (Å²) in [5, 5.41) is 22.2. The smallest absolute Gasteiger partial charge is 0.270 e. The van der Waals surface area contributed by atoms with Gasteiger partial charge < -0.3 is 14.5 Å². The quantitative estimate of drug-likeness (QED) is 0.314. The van der Waals surface area contributed by atoms with E-state index in [9.17, 15) is 24.8 Å². The molecule has 2 aromatic heterocycles. The lowest BCUT2D eigenvalue weighted by molar-refractivity contribution is -0.384. The number of nitrogens with zero attached hydrogens (tertiary/aromatic N) is 1. The van der Waals surface area contributed by atoms with Gasteiger partial charge in [0.05, 0.1) is 10.4 Å². The number of rotatable bonds is 3. The third-order valence-electron chi connectivity index (χ3n) is 4.11. The first-order valence-corrected chi connectivity index (χ1v) is 8.00. The van der Waals surface area contributed by atoms with Crippen molar-refractivity contribution < 1.29 is 19.2 Å². The molecule has 9 heteroatoms. The van der Waals surface area contributed by atoms with Crippen molar-refractivity contribution >= 4 is 44.9 Å². The van der Waals surface area contributed by atoms with Gasteiger partial charge in [-0.25, -0.2) is 0 Å². The number of aromatic hydroxyl groups is 1. The lowest BCUT2D eigenvalue weighted by atomic mass is 10.1. The van der Waals surface area contributed by atoms with Gasteiger partial charge in [-0.3, -0.25) is 19.7 Å². The molecule has 0 fully saturated rings. The number of nitrogens with one attached hydrogen (secondary N) is 1. The van der Waals surface area contributed by atoms with E-state index in [1.807, 2.05) is 0 Å². The van der Waals surface area contributed by atoms with E-state index in [1.54, 1.807) is 0 Å². The van der Waals surface area contributed by atoms with Crippen LogP contribution in [0.4, 0.5) is 5.69 Å². The fraction of sp³-hybridized carbons (Fsp3) is 0. The number of non-ortho nitro benzene ring substituents is 1. The van der Waals surface area contributed by atoms with E-state index < -0.39 is 27.6 Å². The highest BCUT2D eigenvalue weighted by atomic mass is 35.5. The number of carbonyl (C=O) groups excluding carboxylic acids is 1. The van der Waals surface area contributed by atoms with Crippen LogP contribution in [0.1, 0.15) is 16.1 Å². The van der Waals surface area contributed by atoms with Crippen molar-refractivity contribution in [3.63, 3.8) is 0 Å². The largest absolute Gasteiger partial charge is 0.506 e. The Kier molecular flexibility index (Phi) is 3.71. The SMILES string of the molecule is O=C(c1cc2cc([N+](=O)[O-])ccc2o1)c1c(O)c2ccc(Cl)cc2[nH]c1=O. The number of halogens is 1. The minimum absolute atomic E-state index is 0.162. The van der Waals surface area contributed by atoms with Crippen molar-refractivity contribution in [2.24, 2.45) is 0 Å². The molecular formula is C18H9ClN2O6. The van der Waals surface area contributed by atoms with Gasteiger partial charge >= 0.3 is 0 Å². The summed E-state index contributed by atoms with van der Waals surface area (Å²) in [5.41, 5.74) is -0.933. The molecule has 0 saturated heterocycles. The molecule has 0 aliphatic heterocycles. The van der Waals surface area contributed by atoms with Crippen LogP contribution in [-0.2, 0) is 0 Å². The van der Waals surface area contributed by atoms with Crippen LogP contribution in [0, 0.1) is 10.1 Å². The molecule has 0 unspecified atom stereocenters. The molecule has 4 rings (SSSR count). The van der Waals surface area contributed by atoms with Gasteiger partial charge in [-0.2, -0.15) is 0 Å². The molecule has 2 aromatic carbocycles. The van der Waals surface area contributed by atoms with Crippen molar-refractivity contribution in [3.05, 3.63) is 79.3 Å². The number of hydrogen-bond donors (Lipinski definition) is 2. The summed E-state index contributed by atoms with van der Waals surface area (Å²) in [5.74, 6) is -1.56. The molecule has 0 radical (unpaired) electrons. The van der Waals surface area contributed by atoms with Gasteiger partial charge in [0, 0.05) is 27.9 Å². The Labute approximate surface area is 154 Å². The van der Waals surface area contributed by atoms with E-state index in [-0.39, 0.29) is 27.9 Å². The van der Waals surface area contributed by atoms with E-state index in [2.05, 4.69) is 4.98 Å². The van der Waals surface area contributed by atoms with Gasteiger partial charge in [-0.15, -0.1) is 0 Å². The van der Waals surface area contributed by atoms with Crippen LogP contribution in [-0.4, -0.2) is 20.8 Å². The van der Waals surface area contributed by atoms with E-state index >= 15 is 0 Å². The Balaban J connectivity index is 1.87. The van der Waals surface area contributed by atoms with Crippen molar-refractivity contribution in [3.8, 4) is 5.75 Å². The summed E-state index contributed by atoms with van der Waals surface area (Å²) in [6, 6.07) is 9.57. The van der Waals surface area contributed by atoms with Gasteiger partial charge in [0.2, 0.25) is 5.78 Å². The number of fused-ring (bicyclic) bond motifs is 2. The number of aromatic amines is 1. The Morgan fingerprint density at radius 3 is 2.70 bits per heavy atom. The van der Waals surface area contributed by atoms with Crippen LogP contribution in [0.25, 0.3) is 21.9 Å². The molecule has 0 saturated carbocycles. The van der Waals surface area contributed by atoms with E-state index in [0.717, 1.165) is 0 Å². The van der Waals surface area contributed by atoms with Gasteiger partial charge in [0.25, 0.3) is 11.2 Å². The van der Waals surface area contributed by atoms with Crippen molar-refractivity contribution in [2.45, 2.75) is 0 Å². The number of aromatic nitrogens is 1.